The third-order valence-electron chi connectivity index (χ3n) is 2.90. The fourth-order valence-corrected chi connectivity index (χ4v) is 2.24. The van der Waals surface area contributed by atoms with Crippen molar-refractivity contribution in [1.29, 1.82) is 0 Å². The van der Waals surface area contributed by atoms with Crippen molar-refractivity contribution in [2.45, 2.75) is 6.92 Å². The number of benzene rings is 2. The molecule has 0 bridgehead atoms. The summed E-state index contributed by atoms with van der Waals surface area (Å²) < 4.78 is 0.487. The van der Waals surface area contributed by atoms with Gasteiger partial charge in [-0.25, -0.2) is 4.79 Å². The zero-order chi connectivity index (χ0) is 15.6. The lowest BCUT2D eigenvalue weighted by Gasteiger charge is -2.10. The first-order chi connectivity index (χ1) is 9.88. The van der Waals surface area contributed by atoms with Gasteiger partial charge in [-0.1, -0.05) is 0 Å². The number of carbonyl (C=O) groups is 1. The summed E-state index contributed by atoms with van der Waals surface area (Å²) in [6, 6.07) is 9.29. The quantitative estimate of drug-likeness (QED) is 0.639. The number of carboxylic acid groups (broad SMARTS) is 1. The molecule has 0 spiro atoms. The van der Waals surface area contributed by atoms with E-state index in [0.29, 0.717) is 21.4 Å². The monoisotopic (exact) mass is 350 g/mol. The maximum Gasteiger partial charge on any atom is 0.336 e. The van der Waals surface area contributed by atoms with Gasteiger partial charge in [0, 0.05) is 28.0 Å². The molecule has 6 nitrogen and oxygen atoms in total. The van der Waals surface area contributed by atoms with Crippen molar-refractivity contribution in [3.63, 3.8) is 0 Å². The smallest absolute Gasteiger partial charge is 0.336 e. The molecule has 2 aromatic rings. The van der Waals surface area contributed by atoms with Crippen LogP contribution in [0.1, 0.15) is 15.9 Å². The molecular formula is C14H11BrN2O4. The van der Waals surface area contributed by atoms with Gasteiger partial charge in [0.1, 0.15) is 0 Å². The molecule has 0 amide bonds. The Balaban J connectivity index is 2.32. The number of nitro groups is 1. The number of anilines is 2. The summed E-state index contributed by atoms with van der Waals surface area (Å²) in [5.41, 5.74) is 2.12. The zero-order valence-corrected chi connectivity index (χ0v) is 12.5. The highest BCUT2D eigenvalue weighted by Gasteiger charge is 2.11. The molecule has 0 saturated carbocycles. The lowest BCUT2D eigenvalue weighted by molar-refractivity contribution is -0.384. The highest BCUT2D eigenvalue weighted by atomic mass is 79.9. The average Bonchev–Trinajstić information content (AvgIpc) is 2.42. The standard InChI is InChI=1S/C14H11BrN2O4/c1-8-6-10(17(20)21)3-5-13(8)16-9-2-4-12(15)11(7-9)14(18)19/h2-7,16H,1H3,(H,18,19). The van der Waals surface area contributed by atoms with Crippen LogP contribution in [-0.4, -0.2) is 16.0 Å². The number of nitrogens with one attached hydrogen (secondary N) is 1. The summed E-state index contributed by atoms with van der Waals surface area (Å²) in [4.78, 5) is 21.3. The summed E-state index contributed by atoms with van der Waals surface area (Å²) in [5.74, 6) is -1.04. The Bertz CT molecular complexity index is 731. The number of halogens is 1. The Morgan fingerprint density at radius 2 is 2.00 bits per heavy atom. The first-order valence-corrected chi connectivity index (χ1v) is 6.72. The number of hydrogen-bond donors (Lipinski definition) is 2. The highest BCUT2D eigenvalue weighted by Crippen LogP contribution is 2.27. The van der Waals surface area contributed by atoms with E-state index >= 15 is 0 Å². The van der Waals surface area contributed by atoms with Crippen LogP contribution in [0.5, 0.6) is 0 Å². The van der Waals surface area contributed by atoms with Gasteiger partial charge >= 0.3 is 5.97 Å². The maximum atomic E-state index is 11.1. The Labute approximate surface area is 128 Å². The van der Waals surface area contributed by atoms with Gasteiger partial charge in [-0.05, 0) is 52.7 Å². The Morgan fingerprint density at radius 1 is 1.29 bits per heavy atom. The van der Waals surface area contributed by atoms with Gasteiger partial charge in [0.25, 0.3) is 5.69 Å². The molecule has 2 N–H and O–H groups in total. The predicted molar refractivity (Wildman–Crippen MR) is 82.2 cm³/mol. The molecule has 2 rings (SSSR count). The molecule has 0 aromatic heterocycles. The van der Waals surface area contributed by atoms with Gasteiger partial charge in [0.2, 0.25) is 0 Å². The van der Waals surface area contributed by atoms with E-state index < -0.39 is 10.9 Å². The van der Waals surface area contributed by atoms with Crippen molar-refractivity contribution in [2.24, 2.45) is 0 Å². The molecule has 0 aliphatic rings. The second-order valence-corrected chi connectivity index (χ2v) is 5.24. The SMILES string of the molecule is Cc1cc([N+](=O)[O-])ccc1Nc1ccc(Br)c(C(=O)O)c1. The van der Waals surface area contributed by atoms with Gasteiger partial charge < -0.3 is 10.4 Å². The molecule has 7 heteroatoms. The molecule has 0 radical (unpaired) electrons. The molecule has 21 heavy (non-hydrogen) atoms. The summed E-state index contributed by atoms with van der Waals surface area (Å²) in [5, 5.41) is 22.8. The van der Waals surface area contributed by atoms with E-state index in [0.717, 1.165) is 0 Å². The summed E-state index contributed by atoms with van der Waals surface area (Å²) in [6.45, 7) is 1.74. The number of aromatic carboxylic acids is 1. The first kappa shape index (κ1) is 15.0. The van der Waals surface area contributed by atoms with Crippen LogP contribution < -0.4 is 5.32 Å². The molecule has 0 unspecified atom stereocenters. The molecule has 0 aliphatic heterocycles. The highest BCUT2D eigenvalue weighted by molar-refractivity contribution is 9.10. The van der Waals surface area contributed by atoms with E-state index in [2.05, 4.69) is 21.2 Å². The summed E-state index contributed by atoms with van der Waals surface area (Å²) in [7, 11) is 0. The number of non-ortho nitro benzene ring substituents is 1. The number of hydrogen-bond acceptors (Lipinski definition) is 4. The minimum atomic E-state index is -1.04. The number of aryl methyl sites for hydroxylation is 1. The second kappa shape index (κ2) is 5.92. The summed E-state index contributed by atoms with van der Waals surface area (Å²) >= 11 is 3.17. The third-order valence-corrected chi connectivity index (χ3v) is 3.59. The van der Waals surface area contributed by atoms with Crippen molar-refractivity contribution < 1.29 is 14.8 Å². The molecule has 0 saturated heterocycles. The molecule has 2 aromatic carbocycles. The van der Waals surface area contributed by atoms with Gasteiger partial charge in [0.15, 0.2) is 0 Å². The van der Waals surface area contributed by atoms with Gasteiger partial charge in [-0.15, -0.1) is 0 Å². The van der Waals surface area contributed by atoms with Crippen LogP contribution in [0.2, 0.25) is 0 Å². The fourth-order valence-electron chi connectivity index (χ4n) is 1.82. The Morgan fingerprint density at radius 3 is 2.57 bits per heavy atom. The fraction of sp³-hybridized carbons (Fsp3) is 0.0714. The minimum Gasteiger partial charge on any atom is -0.478 e. The van der Waals surface area contributed by atoms with Crippen molar-refractivity contribution >= 4 is 39.0 Å². The van der Waals surface area contributed by atoms with Crippen molar-refractivity contribution in [3.8, 4) is 0 Å². The van der Waals surface area contributed by atoms with Crippen LogP contribution >= 0.6 is 15.9 Å². The third kappa shape index (κ3) is 3.38. The summed E-state index contributed by atoms with van der Waals surface area (Å²) in [6.07, 6.45) is 0. The molecular weight excluding hydrogens is 340 g/mol. The lowest BCUT2D eigenvalue weighted by atomic mass is 10.1. The van der Waals surface area contributed by atoms with E-state index in [-0.39, 0.29) is 11.3 Å². The van der Waals surface area contributed by atoms with Gasteiger partial charge in [0.05, 0.1) is 10.5 Å². The maximum absolute atomic E-state index is 11.1. The topological polar surface area (TPSA) is 92.5 Å². The number of rotatable bonds is 4. The number of carboxylic acids is 1. The average molecular weight is 351 g/mol. The van der Waals surface area contributed by atoms with Crippen LogP contribution in [0.25, 0.3) is 0 Å². The van der Waals surface area contributed by atoms with E-state index in [4.69, 9.17) is 5.11 Å². The van der Waals surface area contributed by atoms with E-state index in [1.54, 1.807) is 25.1 Å². The van der Waals surface area contributed by atoms with Crippen LogP contribution in [0.15, 0.2) is 40.9 Å². The second-order valence-electron chi connectivity index (χ2n) is 4.38. The van der Waals surface area contributed by atoms with Crippen LogP contribution in [0.4, 0.5) is 17.1 Å². The van der Waals surface area contributed by atoms with Crippen LogP contribution in [-0.2, 0) is 0 Å². The number of nitro benzene ring substituents is 1. The van der Waals surface area contributed by atoms with Crippen LogP contribution in [0, 0.1) is 17.0 Å². The lowest BCUT2D eigenvalue weighted by Crippen LogP contribution is -2.00. The van der Waals surface area contributed by atoms with E-state index in [1.807, 2.05) is 0 Å². The van der Waals surface area contributed by atoms with Crippen molar-refractivity contribution in [2.75, 3.05) is 5.32 Å². The van der Waals surface area contributed by atoms with E-state index in [9.17, 15) is 14.9 Å². The molecule has 0 aliphatic carbocycles. The zero-order valence-electron chi connectivity index (χ0n) is 11.0. The molecule has 0 heterocycles. The Kier molecular flexibility index (Phi) is 4.23. The minimum absolute atomic E-state index is 0.0140. The Hall–Kier alpha value is -2.41. The molecule has 0 fully saturated rings. The van der Waals surface area contributed by atoms with Crippen molar-refractivity contribution in [3.05, 3.63) is 62.1 Å². The number of nitrogens with zero attached hydrogens (tertiary/aromatic N) is 1. The van der Waals surface area contributed by atoms with Crippen molar-refractivity contribution in [1.82, 2.24) is 0 Å². The largest absolute Gasteiger partial charge is 0.478 e. The van der Waals surface area contributed by atoms with Crippen LogP contribution in [0.3, 0.4) is 0 Å². The van der Waals surface area contributed by atoms with Gasteiger partial charge in [-0.3, -0.25) is 10.1 Å². The molecule has 108 valence electrons. The van der Waals surface area contributed by atoms with Gasteiger partial charge in [-0.2, -0.15) is 0 Å². The van der Waals surface area contributed by atoms with E-state index in [1.165, 1.54) is 18.2 Å². The molecule has 0 atom stereocenters. The first-order valence-electron chi connectivity index (χ1n) is 5.93. The predicted octanol–water partition coefficient (Wildman–Crippen LogP) is 4.11. The normalized spacial score (nSPS) is 10.2.